The molecule has 0 saturated carbocycles. The summed E-state index contributed by atoms with van der Waals surface area (Å²) in [5.74, 6) is 0. The highest BCUT2D eigenvalue weighted by atomic mass is 16.3. The van der Waals surface area contributed by atoms with E-state index >= 15 is 0 Å². The molecule has 0 radical (unpaired) electrons. The predicted molar refractivity (Wildman–Crippen MR) is 266 cm³/mol. The Hall–Kier alpha value is -8.40. The molecule has 3 heteroatoms. The number of hydrogen-bond acceptors (Lipinski definition) is 2. The van der Waals surface area contributed by atoms with Crippen LogP contribution in [-0.4, -0.2) is 4.57 Å². The van der Waals surface area contributed by atoms with Crippen LogP contribution >= 0.6 is 0 Å². The van der Waals surface area contributed by atoms with Crippen LogP contribution in [-0.2, 0) is 0 Å². The van der Waals surface area contributed by atoms with E-state index < -0.39 is 0 Å². The Morgan fingerprint density at radius 2 is 0.746 bits per heavy atom. The third-order valence-electron chi connectivity index (χ3n) is 13.0. The fraction of sp³-hybridized carbons (Fsp3) is 0. The van der Waals surface area contributed by atoms with E-state index in [1.54, 1.807) is 0 Å². The van der Waals surface area contributed by atoms with Gasteiger partial charge in [0, 0.05) is 44.3 Å². The molecule has 2 aromatic heterocycles. The number of benzene rings is 11. The van der Waals surface area contributed by atoms with Gasteiger partial charge in [0.15, 0.2) is 0 Å². The number of anilines is 3. The minimum Gasteiger partial charge on any atom is -0.456 e. The van der Waals surface area contributed by atoms with Gasteiger partial charge in [0.05, 0.1) is 11.0 Å². The van der Waals surface area contributed by atoms with Gasteiger partial charge in [0.1, 0.15) is 11.2 Å². The molecule has 3 nitrogen and oxygen atoms in total. The number of nitrogens with zero attached hydrogens (tertiary/aromatic N) is 2. The first-order valence-corrected chi connectivity index (χ1v) is 21.6. The smallest absolute Gasteiger partial charge is 0.136 e. The van der Waals surface area contributed by atoms with Gasteiger partial charge >= 0.3 is 0 Å². The molecule has 0 unspecified atom stereocenters. The predicted octanol–water partition coefficient (Wildman–Crippen LogP) is 16.9. The number of fused-ring (bicyclic) bond motifs is 12. The highest BCUT2D eigenvalue weighted by Crippen LogP contribution is 2.43. The van der Waals surface area contributed by atoms with Crippen LogP contribution in [0.3, 0.4) is 0 Å². The number of hydrogen-bond donors (Lipinski definition) is 0. The van der Waals surface area contributed by atoms with Gasteiger partial charge in [-0.05, 0) is 127 Å². The van der Waals surface area contributed by atoms with Crippen molar-refractivity contribution in [3.63, 3.8) is 0 Å². The van der Waals surface area contributed by atoms with Crippen LogP contribution in [0.1, 0.15) is 0 Å². The van der Waals surface area contributed by atoms with E-state index in [1.165, 1.54) is 65.3 Å². The number of furan rings is 1. The molecule has 0 aliphatic carbocycles. The molecular weight excluding hydrogens is 765 g/mol. The van der Waals surface area contributed by atoms with Crippen molar-refractivity contribution in [2.24, 2.45) is 0 Å². The quantitative estimate of drug-likeness (QED) is 0.156. The Balaban J connectivity index is 0.923. The van der Waals surface area contributed by atoms with Gasteiger partial charge in [0.25, 0.3) is 0 Å². The molecule has 0 N–H and O–H groups in total. The molecular formula is C60H38N2O. The van der Waals surface area contributed by atoms with E-state index in [4.69, 9.17) is 4.42 Å². The van der Waals surface area contributed by atoms with Gasteiger partial charge < -0.3 is 13.9 Å². The van der Waals surface area contributed by atoms with Gasteiger partial charge in [-0.1, -0.05) is 158 Å². The lowest BCUT2D eigenvalue weighted by molar-refractivity contribution is 0.669. The molecule has 0 atom stereocenters. The molecule has 63 heavy (non-hydrogen) atoms. The largest absolute Gasteiger partial charge is 0.456 e. The second-order valence-corrected chi connectivity index (χ2v) is 16.4. The van der Waals surface area contributed by atoms with Crippen LogP contribution in [0.25, 0.3) is 104 Å². The fourth-order valence-corrected chi connectivity index (χ4v) is 10.1. The summed E-state index contributed by atoms with van der Waals surface area (Å²) in [6, 6.07) is 83.5. The second-order valence-electron chi connectivity index (χ2n) is 16.4. The Morgan fingerprint density at radius 3 is 1.35 bits per heavy atom. The SMILES string of the molecule is c1ccc2c(c1)oc1cccc(-c3ccc(N(c4ccc(-c5ccc(-n6c7ccccc7c7ccccc76)cc5)cc4)c4ccc5c6ccccc6c6ccccc6c5c4)cc3)c12. The number of aromatic nitrogens is 1. The topological polar surface area (TPSA) is 21.3 Å². The zero-order chi connectivity index (χ0) is 41.4. The van der Waals surface area contributed by atoms with Crippen LogP contribution in [0.15, 0.2) is 235 Å². The third kappa shape index (κ3) is 5.60. The van der Waals surface area contributed by atoms with Crippen molar-refractivity contribution < 1.29 is 4.42 Å². The van der Waals surface area contributed by atoms with Crippen LogP contribution in [0, 0.1) is 0 Å². The maximum Gasteiger partial charge on any atom is 0.136 e. The van der Waals surface area contributed by atoms with Crippen molar-refractivity contribution in [3.05, 3.63) is 231 Å². The van der Waals surface area contributed by atoms with E-state index in [0.29, 0.717) is 0 Å². The van der Waals surface area contributed by atoms with Crippen molar-refractivity contribution in [2.75, 3.05) is 4.90 Å². The van der Waals surface area contributed by atoms with Crippen LogP contribution in [0.2, 0.25) is 0 Å². The summed E-state index contributed by atoms with van der Waals surface area (Å²) in [6.45, 7) is 0. The van der Waals surface area contributed by atoms with E-state index in [-0.39, 0.29) is 0 Å². The van der Waals surface area contributed by atoms with Gasteiger partial charge in [-0.2, -0.15) is 0 Å². The Labute approximate surface area is 363 Å². The first kappa shape index (κ1) is 35.4. The summed E-state index contributed by atoms with van der Waals surface area (Å²) in [6.07, 6.45) is 0. The first-order chi connectivity index (χ1) is 31.2. The lowest BCUT2D eigenvalue weighted by Gasteiger charge is -2.27. The molecule has 0 aliphatic rings. The second kappa shape index (κ2) is 14.1. The van der Waals surface area contributed by atoms with Crippen molar-refractivity contribution in [1.29, 1.82) is 0 Å². The molecule has 11 aromatic carbocycles. The lowest BCUT2D eigenvalue weighted by atomic mass is 9.94. The maximum atomic E-state index is 6.27. The molecule has 0 bridgehead atoms. The zero-order valence-electron chi connectivity index (χ0n) is 34.2. The highest BCUT2D eigenvalue weighted by Gasteiger charge is 2.18. The van der Waals surface area contributed by atoms with Crippen molar-refractivity contribution >= 4 is 93.1 Å². The average molecular weight is 803 g/mol. The molecule has 0 amide bonds. The van der Waals surface area contributed by atoms with Gasteiger partial charge in [-0.15, -0.1) is 0 Å². The molecule has 2 heterocycles. The molecule has 13 aromatic rings. The summed E-state index contributed by atoms with van der Waals surface area (Å²) >= 11 is 0. The third-order valence-corrected chi connectivity index (χ3v) is 13.0. The monoisotopic (exact) mass is 802 g/mol. The molecule has 0 spiro atoms. The van der Waals surface area contributed by atoms with E-state index in [9.17, 15) is 0 Å². The summed E-state index contributed by atoms with van der Waals surface area (Å²) in [7, 11) is 0. The molecule has 0 aliphatic heterocycles. The van der Waals surface area contributed by atoms with Gasteiger partial charge in [-0.25, -0.2) is 0 Å². The Morgan fingerprint density at radius 1 is 0.302 bits per heavy atom. The standard InChI is InChI=1S/C60H38N2O/c1-2-14-49-47(12-1)48-13-3-4-15-50(48)55-38-45(36-37-51(49)55)61(43-34-28-41(29-35-43)46-19-11-23-59-60(46)54-18-7-10-22-58(54)63-59)42-30-24-39(25-31-42)40-26-32-44(33-27-40)62-56-20-8-5-16-52(56)53-17-6-9-21-57(53)62/h1-38H. The number of para-hydroxylation sites is 3. The first-order valence-electron chi connectivity index (χ1n) is 21.6. The fourth-order valence-electron chi connectivity index (χ4n) is 10.1. The zero-order valence-corrected chi connectivity index (χ0v) is 34.2. The van der Waals surface area contributed by atoms with E-state index in [2.05, 4.69) is 228 Å². The van der Waals surface area contributed by atoms with E-state index in [1.807, 2.05) is 12.1 Å². The average Bonchev–Trinajstić information content (AvgIpc) is 3.91. The lowest BCUT2D eigenvalue weighted by Crippen LogP contribution is -2.10. The highest BCUT2D eigenvalue weighted by molar-refractivity contribution is 6.26. The summed E-state index contributed by atoms with van der Waals surface area (Å²) in [4.78, 5) is 2.39. The summed E-state index contributed by atoms with van der Waals surface area (Å²) in [5.41, 5.74) is 13.3. The minimum absolute atomic E-state index is 0.900. The summed E-state index contributed by atoms with van der Waals surface area (Å²) in [5, 5.41) is 12.4. The van der Waals surface area contributed by atoms with E-state index in [0.717, 1.165) is 55.8 Å². The molecule has 294 valence electrons. The minimum atomic E-state index is 0.900. The molecule has 0 saturated heterocycles. The Bertz CT molecular complexity index is 3800. The van der Waals surface area contributed by atoms with Crippen molar-refractivity contribution in [1.82, 2.24) is 4.57 Å². The maximum absolute atomic E-state index is 6.27. The van der Waals surface area contributed by atoms with Crippen LogP contribution < -0.4 is 4.90 Å². The van der Waals surface area contributed by atoms with Crippen molar-refractivity contribution in [3.8, 4) is 27.9 Å². The Kier molecular flexibility index (Phi) is 7.91. The number of rotatable bonds is 6. The van der Waals surface area contributed by atoms with Gasteiger partial charge in [0.2, 0.25) is 0 Å². The van der Waals surface area contributed by atoms with Crippen molar-refractivity contribution in [2.45, 2.75) is 0 Å². The van der Waals surface area contributed by atoms with Gasteiger partial charge in [-0.3, -0.25) is 0 Å². The van der Waals surface area contributed by atoms with Crippen LogP contribution in [0.4, 0.5) is 17.1 Å². The molecule has 13 rings (SSSR count). The van der Waals surface area contributed by atoms with Crippen LogP contribution in [0.5, 0.6) is 0 Å². The summed E-state index contributed by atoms with van der Waals surface area (Å²) < 4.78 is 8.64. The normalized spacial score (nSPS) is 11.8. The molecule has 0 fully saturated rings.